The minimum absolute atomic E-state index is 0.00507. The second kappa shape index (κ2) is 4.73. The number of hydrogen-bond donors (Lipinski definition) is 2. The third-order valence-corrected chi connectivity index (χ3v) is 3.57. The smallest absolute Gasteiger partial charge is 0.349 e. The molecular formula is C11H9NO6S. The molecule has 0 unspecified atom stereocenters. The number of carbonyl (C=O) groups is 1. The van der Waals surface area contributed by atoms with Crippen LogP contribution in [0.5, 0.6) is 11.5 Å². The van der Waals surface area contributed by atoms with E-state index in [0.717, 1.165) is 6.08 Å². The zero-order chi connectivity index (χ0) is 14.0. The van der Waals surface area contributed by atoms with Crippen LogP contribution in [0.15, 0.2) is 39.6 Å². The summed E-state index contributed by atoms with van der Waals surface area (Å²) in [6.07, 6.45) is 0.956. The number of carboxylic acids is 1. The molecule has 0 aliphatic carbocycles. The molecule has 0 saturated heterocycles. The lowest BCUT2D eigenvalue weighted by molar-refractivity contribution is -0.131. The van der Waals surface area contributed by atoms with Crippen molar-refractivity contribution in [2.75, 3.05) is 6.61 Å². The zero-order valence-electron chi connectivity index (χ0n) is 9.48. The lowest BCUT2D eigenvalue weighted by atomic mass is 10.3. The minimum atomic E-state index is -4.12. The quantitative estimate of drug-likeness (QED) is 0.833. The molecular weight excluding hydrogens is 274 g/mol. The van der Waals surface area contributed by atoms with E-state index in [4.69, 9.17) is 14.9 Å². The lowest BCUT2D eigenvalue weighted by Gasteiger charge is -2.03. The number of phenolic OH excluding ortho intramolecular Hbond substituents is 1. The van der Waals surface area contributed by atoms with Crippen LogP contribution in [-0.4, -0.2) is 36.9 Å². The van der Waals surface area contributed by atoms with E-state index in [1.807, 2.05) is 0 Å². The van der Waals surface area contributed by atoms with Crippen LogP contribution in [-0.2, 0) is 14.8 Å². The Kier molecular flexibility index (Phi) is 3.26. The Labute approximate surface area is 108 Å². The van der Waals surface area contributed by atoms with E-state index >= 15 is 0 Å². The summed E-state index contributed by atoms with van der Waals surface area (Å²) in [4.78, 5) is 9.92. The van der Waals surface area contributed by atoms with E-state index in [1.54, 1.807) is 0 Å². The van der Waals surface area contributed by atoms with E-state index in [9.17, 15) is 13.2 Å². The molecule has 0 bridgehead atoms. The Hall–Kier alpha value is -2.35. The van der Waals surface area contributed by atoms with Gasteiger partial charge < -0.3 is 14.9 Å². The molecule has 1 aromatic carbocycles. The van der Waals surface area contributed by atoms with Crippen LogP contribution >= 0.6 is 0 Å². The largest absolute Gasteiger partial charge is 0.508 e. The number of carboxylic acid groups (broad SMARTS) is 1. The summed E-state index contributed by atoms with van der Waals surface area (Å²) in [5, 5.41) is 17.8. The molecule has 0 radical (unpaired) electrons. The van der Waals surface area contributed by atoms with Gasteiger partial charge in [-0.15, -0.1) is 0 Å². The molecule has 0 saturated carbocycles. The molecule has 2 rings (SSSR count). The Morgan fingerprint density at radius 2 is 1.89 bits per heavy atom. The van der Waals surface area contributed by atoms with Gasteiger partial charge in [0.05, 0.1) is 5.71 Å². The van der Waals surface area contributed by atoms with Gasteiger partial charge in [0.2, 0.25) is 0 Å². The summed E-state index contributed by atoms with van der Waals surface area (Å²) in [5.41, 5.74) is 0.00507. The van der Waals surface area contributed by atoms with E-state index < -0.39 is 20.9 Å². The summed E-state index contributed by atoms with van der Waals surface area (Å²) in [7, 11) is -4.12. The maximum Gasteiger partial charge on any atom is 0.349 e. The van der Waals surface area contributed by atoms with Crippen LogP contribution in [0.25, 0.3) is 0 Å². The number of aromatic hydroxyl groups is 1. The van der Waals surface area contributed by atoms with Crippen LogP contribution in [0.2, 0.25) is 0 Å². The molecule has 1 aromatic rings. The Bertz CT molecular complexity index is 672. The fourth-order valence-corrected chi connectivity index (χ4v) is 2.41. The number of phenols is 1. The van der Waals surface area contributed by atoms with Crippen molar-refractivity contribution in [1.82, 2.24) is 0 Å². The first-order valence-electron chi connectivity index (χ1n) is 5.09. The van der Waals surface area contributed by atoms with Crippen molar-refractivity contribution < 1.29 is 28.2 Å². The molecule has 0 atom stereocenters. The number of benzene rings is 1. The van der Waals surface area contributed by atoms with Gasteiger partial charge in [-0.2, -0.15) is 12.8 Å². The molecule has 7 nitrogen and oxygen atoms in total. The first-order chi connectivity index (χ1) is 8.88. The van der Waals surface area contributed by atoms with Crippen molar-refractivity contribution in [2.45, 2.75) is 0 Å². The molecule has 1 aliphatic rings. The van der Waals surface area contributed by atoms with Crippen molar-refractivity contribution in [3.63, 3.8) is 0 Å². The number of nitrogens with zero attached hydrogens (tertiary/aromatic N) is 1. The predicted octanol–water partition coefficient (Wildman–Crippen LogP) is 0.524. The van der Waals surface area contributed by atoms with Crippen molar-refractivity contribution in [3.8, 4) is 11.5 Å². The second-order valence-electron chi connectivity index (χ2n) is 3.65. The standard InChI is InChI=1S/C11H9NO6S/c13-8-1-3-9(4-2-8)18-6-7-5-10(11(14)15)19(16,17)12-7/h1-5,13H,6H2,(H,14,15). The third kappa shape index (κ3) is 2.91. The highest BCUT2D eigenvalue weighted by Crippen LogP contribution is 2.19. The van der Waals surface area contributed by atoms with E-state index in [2.05, 4.69) is 4.40 Å². The number of hydrogen-bond acceptors (Lipinski definition) is 5. The summed E-state index contributed by atoms with van der Waals surface area (Å²) in [5.74, 6) is -1.08. The fraction of sp³-hybridized carbons (Fsp3) is 0.0909. The van der Waals surface area contributed by atoms with E-state index in [-0.39, 0.29) is 18.1 Å². The monoisotopic (exact) mass is 283 g/mol. The highest BCUT2D eigenvalue weighted by atomic mass is 32.2. The van der Waals surface area contributed by atoms with Crippen LogP contribution in [0.4, 0.5) is 0 Å². The number of ether oxygens (including phenoxy) is 1. The van der Waals surface area contributed by atoms with Crippen molar-refractivity contribution >= 4 is 21.7 Å². The van der Waals surface area contributed by atoms with Crippen LogP contribution < -0.4 is 4.74 Å². The molecule has 100 valence electrons. The maximum atomic E-state index is 11.3. The van der Waals surface area contributed by atoms with Gasteiger partial charge in [0.15, 0.2) is 4.91 Å². The van der Waals surface area contributed by atoms with Crippen LogP contribution in [0.3, 0.4) is 0 Å². The van der Waals surface area contributed by atoms with Crippen molar-refractivity contribution in [2.24, 2.45) is 4.40 Å². The topological polar surface area (TPSA) is 113 Å². The molecule has 1 heterocycles. The van der Waals surface area contributed by atoms with Gasteiger partial charge in [-0.05, 0) is 30.3 Å². The molecule has 0 fully saturated rings. The Morgan fingerprint density at radius 1 is 1.26 bits per heavy atom. The van der Waals surface area contributed by atoms with Gasteiger partial charge in [-0.1, -0.05) is 0 Å². The molecule has 8 heteroatoms. The van der Waals surface area contributed by atoms with Gasteiger partial charge in [-0.25, -0.2) is 4.79 Å². The second-order valence-corrected chi connectivity index (χ2v) is 5.23. The normalized spacial score (nSPS) is 16.6. The minimum Gasteiger partial charge on any atom is -0.508 e. The molecule has 19 heavy (non-hydrogen) atoms. The van der Waals surface area contributed by atoms with Gasteiger partial charge in [0.25, 0.3) is 10.0 Å². The maximum absolute atomic E-state index is 11.3. The number of aliphatic carboxylic acids is 1. The van der Waals surface area contributed by atoms with Gasteiger partial charge >= 0.3 is 5.97 Å². The zero-order valence-corrected chi connectivity index (χ0v) is 10.3. The lowest BCUT2D eigenvalue weighted by Crippen LogP contribution is -2.07. The Balaban J connectivity index is 2.09. The van der Waals surface area contributed by atoms with Gasteiger partial charge in [0, 0.05) is 0 Å². The summed E-state index contributed by atoms with van der Waals surface area (Å²) < 4.78 is 31.2. The van der Waals surface area contributed by atoms with Crippen LogP contribution in [0.1, 0.15) is 0 Å². The van der Waals surface area contributed by atoms with Gasteiger partial charge in [0.1, 0.15) is 18.1 Å². The van der Waals surface area contributed by atoms with E-state index in [1.165, 1.54) is 24.3 Å². The molecule has 1 aliphatic heterocycles. The average molecular weight is 283 g/mol. The molecule has 2 N–H and O–H groups in total. The van der Waals surface area contributed by atoms with Gasteiger partial charge in [-0.3, -0.25) is 0 Å². The highest BCUT2D eigenvalue weighted by Gasteiger charge is 2.30. The first-order valence-corrected chi connectivity index (χ1v) is 6.53. The van der Waals surface area contributed by atoms with Crippen LogP contribution in [0, 0.1) is 0 Å². The first kappa shape index (κ1) is 13.1. The molecule has 0 aromatic heterocycles. The SMILES string of the molecule is O=C(O)C1=CC(COc2ccc(O)cc2)=NS1(=O)=O. The van der Waals surface area contributed by atoms with Crippen molar-refractivity contribution in [1.29, 1.82) is 0 Å². The highest BCUT2D eigenvalue weighted by molar-refractivity contribution is 7.95. The fourth-order valence-electron chi connectivity index (χ4n) is 1.40. The predicted molar refractivity (Wildman–Crippen MR) is 65.7 cm³/mol. The third-order valence-electron chi connectivity index (χ3n) is 2.25. The summed E-state index contributed by atoms with van der Waals surface area (Å²) in [6, 6.07) is 5.78. The number of rotatable bonds is 4. The summed E-state index contributed by atoms with van der Waals surface area (Å²) >= 11 is 0. The average Bonchev–Trinajstić information content (AvgIpc) is 2.64. The molecule has 0 amide bonds. The summed E-state index contributed by atoms with van der Waals surface area (Å²) in [6.45, 7) is -0.180. The number of sulfonamides is 1. The van der Waals surface area contributed by atoms with E-state index in [0.29, 0.717) is 5.75 Å². The van der Waals surface area contributed by atoms with Crippen molar-refractivity contribution in [3.05, 3.63) is 35.2 Å². The molecule has 0 spiro atoms. The Morgan fingerprint density at radius 3 is 2.42 bits per heavy atom.